The van der Waals surface area contributed by atoms with E-state index in [2.05, 4.69) is 11.9 Å². The highest BCUT2D eigenvalue weighted by Gasteiger charge is 2.34. The van der Waals surface area contributed by atoms with E-state index in [-0.39, 0.29) is 11.8 Å². The fourth-order valence-electron chi connectivity index (χ4n) is 2.24. The zero-order chi connectivity index (χ0) is 14.2. The van der Waals surface area contributed by atoms with Crippen molar-refractivity contribution in [2.45, 2.75) is 33.1 Å². The third-order valence-electron chi connectivity index (χ3n) is 3.78. The average Bonchev–Trinajstić information content (AvgIpc) is 3.02. The molecule has 0 saturated heterocycles. The lowest BCUT2D eigenvalue weighted by Crippen LogP contribution is -2.29. The van der Waals surface area contributed by atoms with Gasteiger partial charge in [-0.15, -0.1) is 0 Å². The third kappa shape index (κ3) is 3.47. The number of carbonyl (C=O) groups is 1. The van der Waals surface area contributed by atoms with Crippen LogP contribution >= 0.6 is 11.6 Å². The van der Waals surface area contributed by atoms with Crippen LogP contribution in [0.2, 0.25) is 5.15 Å². The molecule has 2 rings (SSSR count). The minimum absolute atomic E-state index is 0.0327. The minimum Gasteiger partial charge on any atom is -0.341 e. The SMILES string of the molecule is CC(C)c1cc(C(=O)N(C)CC2CC2C)cc(Cl)n1. The third-order valence-corrected chi connectivity index (χ3v) is 3.98. The van der Waals surface area contributed by atoms with E-state index in [0.29, 0.717) is 16.6 Å². The molecule has 0 N–H and O–H groups in total. The fourth-order valence-corrected chi connectivity index (χ4v) is 2.46. The van der Waals surface area contributed by atoms with Crippen molar-refractivity contribution in [3.63, 3.8) is 0 Å². The Labute approximate surface area is 120 Å². The molecule has 0 bridgehead atoms. The maximum Gasteiger partial charge on any atom is 0.253 e. The summed E-state index contributed by atoms with van der Waals surface area (Å²) in [4.78, 5) is 18.4. The molecule has 0 aliphatic heterocycles. The predicted molar refractivity (Wildman–Crippen MR) is 77.6 cm³/mol. The summed E-state index contributed by atoms with van der Waals surface area (Å²) in [5.41, 5.74) is 1.50. The Morgan fingerprint density at radius 3 is 2.68 bits per heavy atom. The molecular weight excluding hydrogens is 260 g/mol. The number of aromatic nitrogens is 1. The van der Waals surface area contributed by atoms with E-state index in [9.17, 15) is 4.79 Å². The second kappa shape index (κ2) is 5.49. The van der Waals surface area contributed by atoms with E-state index in [0.717, 1.165) is 18.2 Å². The van der Waals surface area contributed by atoms with Crippen LogP contribution in [0, 0.1) is 11.8 Å². The molecule has 1 saturated carbocycles. The topological polar surface area (TPSA) is 33.2 Å². The first kappa shape index (κ1) is 14.3. The summed E-state index contributed by atoms with van der Waals surface area (Å²) >= 11 is 6.00. The zero-order valence-corrected chi connectivity index (χ0v) is 12.7. The normalized spacial score (nSPS) is 21.6. The van der Waals surface area contributed by atoms with Crippen molar-refractivity contribution >= 4 is 17.5 Å². The number of rotatable bonds is 4. The molecule has 1 aliphatic carbocycles. The van der Waals surface area contributed by atoms with Gasteiger partial charge in [0.15, 0.2) is 0 Å². The highest BCUT2D eigenvalue weighted by atomic mass is 35.5. The Kier molecular flexibility index (Phi) is 4.14. The van der Waals surface area contributed by atoms with Crippen LogP contribution in [-0.4, -0.2) is 29.4 Å². The summed E-state index contributed by atoms with van der Waals surface area (Å²) in [6.45, 7) is 7.14. The van der Waals surface area contributed by atoms with Crippen LogP contribution < -0.4 is 0 Å². The molecule has 1 aromatic heterocycles. The first-order chi connectivity index (χ1) is 8.88. The molecule has 4 heteroatoms. The van der Waals surface area contributed by atoms with Crippen molar-refractivity contribution < 1.29 is 4.79 Å². The maximum atomic E-state index is 12.4. The van der Waals surface area contributed by atoms with Crippen LogP contribution in [0.1, 0.15) is 49.2 Å². The van der Waals surface area contributed by atoms with Crippen molar-refractivity contribution in [2.24, 2.45) is 11.8 Å². The van der Waals surface area contributed by atoms with Gasteiger partial charge in [-0.05, 0) is 36.3 Å². The summed E-state index contributed by atoms with van der Waals surface area (Å²) in [6.07, 6.45) is 1.23. The summed E-state index contributed by atoms with van der Waals surface area (Å²) in [7, 11) is 1.86. The molecule has 1 amide bonds. The zero-order valence-electron chi connectivity index (χ0n) is 12.0. The number of nitrogens with zero attached hydrogens (tertiary/aromatic N) is 2. The van der Waals surface area contributed by atoms with Gasteiger partial charge in [-0.25, -0.2) is 4.98 Å². The predicted octanol–water partition coefficient (Wildman–Crippen LogP) is 3.59. The van der Waals surface area contributed by atoms with Crippen LogP contribution in [0.25, 0.3) is 0 Å². The monoisotopic (exact) mass is 280 g/mol. The molecule has 0 spiro atoms. The van der Waals surface area contributed by atoms with Gasteiger partial charge in [-0.3, -0.25) is 4.79 Å². The fraction of sp³-hybridized carbons (Fsp3) is 0.600. The van der Waals surface area contributed by atoms with Gasteiger partial charge in [-0.2, -0.15) is 0 Å². The minimum atomic E-state index is 0.0327. The van der Waals surface area contributed by atoms with Crippen molar-refractivity contribution in [3.05, 3.63) is 28.5 Å². The number of halogens is 1. The lowest BCUT2D eigenvalue weighted by atomic mass is 10.1. The van der Waals surface area contributed by atoms with Crippen LogP contribution in [0.3, 0.4) is 0 Å². The number of hydrogen-bond acceptors (Lipinski definition) is 2. The van der Waals surface area contributed by atoms with E-state index < -0.39 is 0 Å². The van der Waals surface area contributed by atoms with Crippen molar-refractivity contribution in [3.8, 4) is 0 Å². The highest BCUT2D eigenvalue weighted by molar-refractivity contribution is 6.29. The van der Waals surface area contributed by atoms with Gasteiger partial charge < -0.3 is 4.90 Å². The van der Waals surface area contributed by atoms with Gasteiger partial charge in [-0.1, -0.05) is 32.4 Å². The molecule has 1 aliphatic rings. The molecule has 104 valence electrons. The van der Waals surface area contributed by atoms with Crippen LogP contribution in [0.5, 0.6) is 0 Å². The van der Waals surface area contributed by atoms with E-state index in [4.69, 9.17) is 11.6 Å². The van der Waals surface area contributed by atoms with E-state index in [1.165, 1.54) is 6.42 Å². The first-order valence-electron chi connectivity index (χ1n) is 6.81. The van der Waals surface area contributed by atoms with Gasteiger partial charge in [0.1, 0.15) is 5.15 Å². The molecular formula is C15H21ClN2O. The summed E-state index contributed by atoms with van der Waals surface area (Å²) in [6, 6.07) is 3.51. The lowest BCUT2D eigenvalue weighted by Gasteiger charge is -2.18. The van der Waals surface area contributed by atoms with E-state index >= 15 is 0 Å². The van der Waals surface area contributed by atoms with Gasteiger partial charge in [0.25, 0.3) is 5.91 Å². The number of amides is 1. The summed E-state index contributed by atoms with van der Waals surface area (Å²) < 4.78 is 0. The standard InChI is InChI=1S/C15H21ClN2O/c1-9(2)13-6-11(7-14(16)17-13)15(19)18(4)8-12-5-10(12)3/h6-7,9-10,12H,5,8H2,1-4H3. The smallest absolute Gasteiger partial charge is 0.253 e. The van der Waals surface area contributed by atoms with Crippen LogP contribution in [-0.2, 0) is 0 Å². The van der Waals surface area contributed by atoms with Gasteiger partial charge in [0.05, 0.1) is 0 Å². The Bertz CT molecular complexity index is 487. The van der Waals surface area contributed by atoms with Crippen LogP contribution in [0.15, 0.2) is 12.1 Å². The molecule has 0 radical (unpaired) electrons. The first-order valence-corrected chi connectivity index (χ1v) is 7.19. The van der Waals surface area contributed by atoms with Gasteiger partial charge in [0, 0.05) is 24.8 Å². The highest BCUT2D eigenvalue weighted by Crippen LogP contribution is 2.38. The molecule has 19 heavy (non-hydrogen) atoms. The van der Waals surface area contributed by atoms with Gasteiger partial charge in [0.2, 0.25) is 0 Å². The molecule has 1 heterocycles. The number of hydrogen-bond donors (Lipinski definition) is 0. The second-order valence-electron chi connectivity index (χ2n) is 5.92. The van der Waals surface area contributed by atoms with Crippen molar-refractivity contribution in [2.75, 3.05) is 13.6 Å². The Morgan fingerprint density at radius 1 is 1.53 bits per heavy atom. The molecule has 1 aromatic rings. The van der Waals surface area contributed by atoms with Crippen molar-refractivity contribution in [1.82, 2.24) is 9.88 Å². The summed E-state index contributed by atoms with van der Waals surface area (Å²) in [5.74, 6) is 1.71. The average molecular weight is 281 g/mol. The molecule has 2 unspecified atom stereocenters. The number of carbonyl (C=O) groups excluding carboxylic acids is 1. The van der Waals surface area contributed by atoms with Gasteiger partial charge >= 0.3 is 0 Å². The largest absolute Gasteiger partial charge is 0.341 e. The molecule has 1 fully saturated rings. The quantitative estimate of drug-likeness (QED) is 0.790. The second-order valence-corrected chi connectivity index (χ2v) is 6.30. The van der Waals surface area contributed by atoms with Crippen LogP contribution in [0.4, 0.5) is 0 Å². The molecule has 0 aromatic carbocycles. The van der Waals surface area contributed by atoms with Crippen molar-refractivity contribution in [1.29, 1.82) is 0 Å². The Balaban J connectivity index is 2.13. The number of pyridine rings is 1. The van der Waals surface area contributed by atoms with E-state index in [1.807, 2.05) is 27.0 Å². The van der Waals surface area contributed by atoms with E-state index in [1.54, 1.807) is 11.0 Å². The lowest BCUT2D eigenvalue weighted by molar-refractivity contribution is 0.0787. The molecule has 2 atom stereocenters. The summed E-state index contributed by atoms with van der Waals surface area (Å²) in [5, 5.41) is 0.391. The Morgan fingerprint density at radius 2 is 2.16 bits per heavy atom. The Hall–Kier alpha value is -1.09. The molecule has 3 nitrogen and oxygen atoms in total. The maximum absolute atomic E-state index is 12.4.